The number of aromatic nitrogens is 1. The summed E-state index contributed by atoms with van der Waals surface area (Å²) in [6.45, 7) is 3.79. The zero-order chi connectivity index (χ0) is 15.4. The Kier molecular flexibility index (Phi) is 6.93. The van der Waals surface area contributed by atoms with E-state index in [-0.39, 0.29) is 30.2 Å². The van der Waals surface area contributed by atoms with Gasteiger partial charge in [0.25, 0.3) is 0 Å². The van der Waals surface area contributed by atoms with Crippen LogP contribution in [-0.4, -0.2) is 16.9 Å². The molecule has 1 heterocycles. The first-order valence-electron chi connectivity index (χ1n) is 6.74. The van der Waals surface area contributed by atoms with Crippen molar-refractivity contribution in [3.63, 3.8) is 0 Å². The third kappa shape index (κ3) is 5.05. The zero-order valence-electron chi connectivity index (χ0n) is 12.4. The quantitative estimate of drug-likeness (QED) is 0.868. The van der Waals surface area contributed by atoms with Crippen LogP contribution in [0, 0.1) is 12.7 Å². The minimum absolute atomic E-state index is 0. The number of halogens is 2. The summed E-state index contributed by atoms with van der Waals surface area (Å²) in [5.41, 5.74) is 7.23. The molecule has 0 aliphatic heterocycles. The molecule has 2 rings (SSSR count). The summed E-state index contributed by atoms with van der Waals surface area (Å²) in [6, 6.07) is 6.16. The predicted molar refractivity (Wildman–Crippen MR) is 91.0 cm³/mol. The van der Waals surface area contributed by atoms with Crippen LogP contribution in [-0.2, 0) is 4.79 Å². The lowest BCUT2D eigenvalue weighted by Crippen LogP contribution is -2.19. The van der Waals surface area contributed by atoms with Crippen LogP contribution in [0.5, 0.6) is 0 Å². The number of carbonyl (C=O) groups excluding carboxylic acids is 1. The molecule has 0 aliphatic rings. The molecule has 0 fully saturated rings. The summed E-state index contributed by atoms with van der Waals surface area (Å²) in [6.07, 6.45) is 1.02. The van der Waals surface area contributed by atoms with Gasteiger partial charge in [-0.1, -0.05) is 0 Å². The Morgan fingerprint density at radius 2 is 2.05 bits per heavy atom. The first kappa shape index (κ1) is 18.5. The molecular formula is C15H19ClFN3OS. The minimum atomic E-state index is -0.281. The van der Waals surface area contributed by atoms with Crippen molar-refractivity contribution in [3.05, 3.63) is 35.0 Å². The highest BCUT2D eigenvalue weighted by atomic mass is 35.5. The zero-order valence-corrected chi connectivity index (χ0v) is 14.1. The molecule has 0 saturated heterocycles. The molecule has 1 aromatic carbocycles. The van der Waals surface area contributed by atoms with Gasteiger partial charge in [-0.2, -0.15) is 0 Å². The second-order valence-electron chi connectivity index (χ2n) is 4.99. The van der Waals surface area contributed by atoms with Gasteiger partial charge in [-0.15, -0.1) is 23.7 Å². The maximum atomic E-state index is 12.9. The van der Waals surface area contributed by atoms with E-state index in [4.69, 9.17) is 5.73 Å². The average Bonchev–Trinajstić information content (AvgIpc) is 2.78. The molecule has 0 radical (unpaired) electrons. The van der Waals surface area contributed by atoms with E-state index in [2.05, 4.69) is 10.3 Å². The number of amides is 1. The lowest BCUT2D eigenvalue weighted by molar-refractivity contribution is -0.116. The summed E-state index contributed by atoms with van der Waals surface area (Å²) in [5, 5.41) is 3.34. The minimum Gasteiger partial charge on any atom is -0.328 e. The van der Waals surface area contributed by atoms with E-state index < -0.39 is 0 Å². The van der Waals surface area contributed by atoms with Gasteiger partial charge in [0, 0.05) is 22.9 Å². The maximum Gasteiger partial charge on any atom is 0.226 e. The predicted octanol–water partition coefficient (Wildman–Crippen LogP) is 3.75. The SMILES string of the molecule is Cc1sc(NC(=O)CCC(C)N)nc1-c1ccc(F)cc1.Cl. The molecule has 1 aromatic heterocycles. The number of benzene rings is 1. The summed E-state index contributed by atoms with van der Waals surface area (Å²) in [7, 11) is 0. The fraction of sp³-hybridized carbons (Fsp3) is 0.333. The molecule has 0 saturated carbocycles. The van der Waals surface area contributed by atoms with Crippen LogP contribution >= 0.6 is 23.7 Å². The van der Waals surface area contributed by atoms with Crippen LogP contribution in [0.25, 0.3) is 11.3 Å². The molecule has 22 heavy (non-hydrogen) atoms. The van der Waals surface area contributed by atoms with E-state index in [0.717, 1.165) is 16.1 Å². The van der Waals surface area contributed by atoms with Gasteiger partial charge in [-0.05, 0) is 44.5 Å². The lowest BCUT2D eigenvalue weighted by atomic mass is 10.1. The van der Waals surface area contributed by atoms with Crippen LogP contribution in [0.15, 0.2) is 24.3 Å². The van der Waals surface area contributed by atoms with Crippen molar-refractivity contribution in [2.75, 3.05) is 5.32 Å². The Labute approximate surface area is 139 Å². The smallest absolute Gasteiger partial charge is 0.226 e. The van der Waals surface area contributed by atoms with Gasteiger partial charge >= 0.3 is 0 Å². The van der Waals surface area contributed by atoms with E-state index in [9.17, 15) is 9.18 Å². The highest BCUT2D eigenvalue weighted by Gasteiger charge is 2.12. The molecule has 2 aromatic rings. The number of nitrogens with one attached hydrogen (secondary N) is 1. The Balaban J connectivity index is 0.00000242. The summed E-state index contributed by atoms with van der Waals surface area (Å²) >= 11 is 1.41. The number of hydrogen-bond acceptors (Lipinski definition) is 4. The van der Waals surface area contributed by atoms with Crippen molar-refractivity contribution in [1.29, 1.82) is 0 Å². The highest BCUT2D eigenvalue weighted by Crippen LogP contribution is 2.30. The monoisotopic (exact) mass is 343 g/mol. The standard InChI is InChI=1S/C15H18FN3OS.ClH/c1-9(17)3-8-13(20)18-15-19-14(10(2)21-15)11-4-6-12(16)7-5-11;/h4-7,9H,3,8,17H2,1-2H3,(H,18,19,20);1H. The molecule has 1 amide bonds. The van der Waals surface area contributed by atoms with Crippen molar-refractivity contribution in [1.82, 2.24) is 4.98 Å². The number of anilines is 1. The van der Waals surface area contributed by atoms with E-state index in [1.165, 1.54) is 23.5 Å². The summed E-state index contributed by atoms with van der Waals surface area (Å²) < 4.78 is 12.9. The summed E-state index contributed by atoms with van der Waals surface area (Å²) in [4.78, 5) is 17.2. The van der Waals surface area contributed by atoms with Crippen molar-refractivity contribution in [2.24, 2.45) is 5.73 Å². The third-order valence-corrected chi connectivity index (χ3v) is 3.87. The number of nitrogens with two attached hydrogens (primary N) is 1. The van der Waals surface area contributed by atoms with Crippen molar-refractivity contribution >= 4 is 34.8 Å². The van der Waals surface area contributed by atoms with Crippen LogP contribution < -0.4 is 11.1 Å². The van der Waals surface area contributed by atoms with Crippen LogP contribution in [0.4, 0.5) is 9.52 Å². The largest absolute Gasteiger partial charge is 0.328 e. The number of aryl methyl sites for hydroxylation is 1. The maximum absolute atomic E-state index is 12.9. The van der Waals surface area contributed by atoms with Gasteiger partial charge in [0.15, 0.2) is 5.13 Å². The molecule has 0 bridgehead atoms. The molecular weight excluding hydrogens is 325 g/mol. The van der Waals surface area contributed by atoms with Gasteiger partial charge in [0.2, 0.25) is 5.91 Å². The van der Waals surface area contributed by atoms with Crippen LogP contribution in [0.3, 0.4) is 0 Å². The number of nitrogens with zero attached hydrogens (tertiary/aromatic N) is 1. The molecule has 0 aliphatic carbocycles. The van der Waals surface area contributed by atoms with E-state index in [0.29, 0.717) is 18.0 Å². The topological polar surface area (TPSA) is 68.0 Å². The molecule has 1 unspecified atom stereocenters. The van der Waals surface area contributed by atoms with Gasteiger partial charge in [0.05, 0.1) is 5.69 Å². The third-order valence-electron chi connectivity index (χ3n) is 2.99. The Bertz CT molecular complexity index is 628. The molecule has 1 atom stereocenters. The Morgan fingerprint density at radius 3 is 2.64 bits per heavy atom. The number of carbonyl (C=O) groups is 1. The number of hydrogen-bond donors (Lipinski definition) is 2. The van der Waals surface area contributed by atoms with Crippen LogP contribution in [0.1, 0.15) is 24.6 Å². The van der Waals surface area contributed by atoms with E-state index in [1.54, 1.807) is 12.1 Å². The molecule has 7 heteroatoms. The fourth-order valence-electron chi connectivity index (χ4n) is 1.87. The normalized spacial score (nSPS) is 11.6. The first-order chi connectivity index (χ1) is 9.95. The summed E-state index contributed by atoms with van der Waals surface area (Å²) in [5.74, 6) is -0.372. The highest BCUT2D eigenvalue weighted by molar-refractivity contribution is 7.16. The molecule has 120 valence electrons. The Morgan fingerprint density at radius 1 is 1.41 bits per heavy atom. The molecule has 4 nitrogen and oxygen atoms in total. The van der Waals surface area contributed by atoms with Crippen molar-refractivity contribution < 1.29 is 9.18 Å². The lowest BCUT2D eigenvalue weighted by Gasteiger charge is -2.04. The van der Waals surface area contributed by atoms with E-state index in [1.807, 2.05) is 13.8 Å². The Hall–Kier alpha value is -1.50. The van der Waals surface area contributed by atoms with Crippen LogP contribution in [0.2, 0.25) is 0 Å². The van der Waals surface area contributed by atoms with Crippen molar-refractivity contribution in [2.45, 2.75) is 32.7 Å². The average molecular weight is 344 g/mol. The van der Waals surface area contributed by atoms with Gasteiger partial charge in [-0.3, -0.25) is 4.79 Å². The van der Waals surface area contributed by atoms with Gasteiger partial charge in [-0.25, -0.2) is 9.37 Å². The number of thiazole rings is 1. The molecule has 0 spiro atoms. The second-order valence-corrected chi connectivity index (χ2v) is 6.20. The fourth-order valence-corrected chi connectivity index (χ4v) is 2.72. The van der Waals surface area contributed by atoms with Gasteiger partial charge < -0.3 is 11.1 Å². The van der Waals surface area contributed by atoms with E-state index >= 15 is 0 Å². The first-order valence-corrected chi connectivity index (χ1v) is 7.56. The molecule has 3 N–H and O–H groups in total. The van der Waals surface area contributed by atoms with Crippen molar-refractivity contribution in [3.8, 4) is 11.3 Å². The second kappa shape index (κ2) is 8.22. The van der Waals surface area contributed by atoms with Gasteiger partial charge in [0.1, 0.15) is 5.82 Å². The number of rotatable bonds is 5.